The van der Waals surface area contributed by atoms with Crippen LogP contribution in [0.4, 0.5) is 17.1 Å². The highest BCUT2D eigenvalue weighted by Crippen LogP contribution is 2.24. The Hall–Kier alpha value is -2.69. The number of nitrogens with zero attached hydrogens (tertiary/aromatic N) is 4. The van der Waals surface area contributed by atoms with Gasteiger partial charge in [-0.15, -0.1) is 0 Å². The lowest BCUT2D eigenvalue weighted by atomic mass is 10.1. The minimum absolute atomic E-state index is 0.309. The monoisotopic (exact) mass is 448 g/mol. The summed E-state index contributed by atoms with van der Waals surface area (Å²) in [6, 6.07) is 16.7. The maximum absolute atomic E-state index is 12.3. The minimum Gasteiger partial charge on any atom is -0.368 e. The number of amides is 1. The standard InChI is InChI=1S/C28H40N4O/c1-3-5-7-9-10-24-12-14-25(15-13-24)29-30-26-16-18-27(19-17-26)31-20-22-32(23-21-31)28(33)11-8-6-4-2/h12-19H,3-11,20-23H2,1-2H3. The van der Waals surface area contributed by atoms with E-state index in [0.29, 0.717) is 12.3 Å². The second kappa shape index (κ2) is 13.8. The van der Waals surface area contributed by atoms with Crippen molar-refractivity contribution < 1.29 is 4.79 Å². The fourth-order valence-electron chi connectivity index (χ4n) is 4.23. The van der Waals surface area contributed by atoms with E-state index in [9.17, 15) is 4.79 Å². The van der Waals surface area contributed by atoms with E-state index in [1.807, 2.05) is 17.0 Å². The number of unbranched alkanes of at least 4 members (excludes halogenated alkanes) is 5. The van der Waals surface area contributed by atoms with Crippen molar-refractivity contribution in [3.63, 3.8) is 0 Å². The quantitative estimate of drug-likeness (QED) is 0.250. The molecule has 0 aromatic heterocycles. The Labute approximate surface area is 199 Å². The second-order valence-corrected chi connectivity index (χ2v) is 9.02. The molecule has 0 radical (unpaired) electrons. The van der Waals surface area contributed by atoms with E-state index in [1.54, 1.807) is 0 Å². The van der Waals surface area contributed by atoms with Crippen molar-refractivity contribution in [3.05, 3.63) is 54.1 Å². The van der Waals surface area contributed by atoms with Crippen molar-refractivity contribution in [1.29, 1.82) is 0 Å². The van der Waals surface area contributed by atoms with Gasteiger partial charge in [-0.25, -0.2) is 0 Å². The van der Waals surface area contributed by atoms with Crippen molar-refractivity contribution in [1.82, 2.24) is 4.90 Å². The summed E-state index contributed by atoms with van der Waals surface area (Å²) in [4.78, 5) is 16.7. The molecule has 1 aliphatic rings. The van der Waals surface area contributed by atoms with Crippen LogP contribution in [0.5, 0.6) is 0 Å². The molecule has 0 spiro atoms. The van der Waals surface area contributed by atoms with Gasteiger partial charge >= 0.3 is 0 Å². The van der Waals surface area contributed by atoms with E-state index in [4.69, 9.17) is 0 Å². The van der Waals surface area contributed by atoms with E-state index in [0.717, 1.165) is 63.2 Å². The van der Waals surface area contributed by atoms with Gasteiger partial charge in [-0.3, -0.25) is 4.79 Å². The first-order valence-corrected chi connectivity index (χ1v) is 12.8. The van der Waals surface area contributed by atoms with Crippen molar-refractivity contribution >= 4 is 23.0 Å². The van der Waals surface area contributed by atoms with Crippen LogP contribution in [-0.4, -0.2) is 37.0 Å². The number of hydrogen-bond acceptors (Lipinski definition) is 4. The van der Waals surface area contributed by atoms with Gasteiger partial charge in [-0.1, -0.05) is 58.1 Å². The maximum atomic E-state index is 12.3. The number of anilines is 1. The summed E-state index contributed by atoms with van der Waals surface area (Å²) >= 11 is 0. The van der Waals surface area contributed by atoms with E-state index in [2.05, 4.69) is 65.4 Å². The average molecular weight is 449 g/mol. The molecule has 2 aromatic rings. The Morgan fingerprint density at radius 2 is 1.30 bits per heavy atom. The lowest BCUT2D eigenvalue weighted by Gasteiger charge is -2.36. The molecule has 0 aliphatic carbocycles. The third-order valence-electron chi connectivity index (χ3n) is 6.38. The van der Waals surface area contributed by atoms with Crippen LogP contribution in [0.2, 0.25) is 0 Å². The van der Waals surface area contributed by atoms with Crippen molar-refractivity contribution in [2.24, 2.45) is 10.2 Å². The van der Waals surface area contributed by atoms with Gasteiger partial charge < -0.3 is 9.80 Å². The molecular formula is C28H40N4O. The first kappa shape index (κ1) is 24.9. The highest BCUT2D eigenvalue weighted by molar-refractivity contribution is 5.76. The smallest absolute Gasteiger partial charge is 0.222 e. The molecule has 2 aromatic carbocycles. The first-order chi connectivity index (χ1) is 16.2. The summed E-state index contributed by atoms with van der Waals surface area (Å²) in [7, 11) is 0. The van der Waals surface area contributed by atoms with E-state index < -0.39 is 0 Å². The molecule has 5 heteroatoms. The average Bonchev–Trinajstić information content (AvgIpc) is 2.86. The minimum atomic E-state index is 0.309. The Bertz CT molecular complexity index is 852. The summed E-state index contributed by atoms with van der Waals surface area (Å²) < 4.78 is 0. The van der Waals surface area contributed by atoms with E-state index in [1.165, 1.54) is 36.9 Å². The van der Waals surface area contributed by atoms with Crippen molar-refractivity contribution in [3.8, 4) is 0 Å². The van der Waals surface area contributed by atoms with Crippen LogP contribution >= 0.6 is 0 Å². The summed E-state index contributed by atoms with van der Waals surface area (Å²) in [6.07, 6.45) is 10.3. The molecule has 5 nitrogen and oxygen atoms in total. The fraction of sp³-hybridized carbons (Fsp3) is 0.536. The molecule has 0 saturated carbocycles. The number of azo groups is 1. The molecule has 1 amide bonds. The molecule has 0 bridgehead atoms. The molecule has 0 N–H and O–H groups in total. The molecule has 0 unspecified atom stereocenters. The predicted octanol–water partition coefficient (Wildman–Crippen LogP) is 7.45. The van der Waals surface area contributed by atoms with Crippen LogP contribution < -0.4 is 4.90 Å². The zero-order valence-corrected chi connectivity index (χ0v) is 20.5. The zero-order chi connectivity index (χ0) is 23.3. The highest BCUT2D eigenvalue weighted by atomic mass is 16.2. The van der Waals surface area contributed by atoms with Gasteiger partial charge in [-0.05, 0) is 61.2 Å². The summed E-state index contributed by atoms with van der Waals surface area (Å²) in [6.45, 7) is 7.79. The molecule has 3 rings (SSSR count). The molecule has 33 heavy (non-hydrogen) atoms. The second-order valence-electron chi connectivity index (χ2n) is 9.02. The molecular weight excluding hydrogens is 408 g/mol. The van der Waals surface area contributed by atoms with Crippen LogP contribution in [-0.2, 0) is 11.2 Å². The fourth-order valence-corrected chi connectivity index (χ4v) is 4.23. The Morgan fingerprint density at radius 3 is 1.91 bits per heavy atom. The number of rotatable bonds is 12. The summed E-state index contributed by atoms with van der Waals surface area (Å²) in [5, 5.41) is 8.80. The van der Waals surface area contributed by atoms with Gasteiger partial charge in [0, 0.05) is 38.3 Å². The van der Waals surface area contributed by atoms with Gasteiger partial charge in [0.15, 0.2) is 0 Å². The van der Waals surface area contributed by atoms with Gasteiger partial charge in [-0.2, -0.15) is 10.2 Å². The molecule has 178 valence electrons. The SMILES string of the molecule is CCCCCCc1ccc(N=Nc2ccc(N3CCN(C(=O)CCCCC)CC3)cc2)cc1. The lowest BCUT2D eigenvalue weighted by Crippen LogP contribution is -2.48. The van der Waals surface area contributed by atoms with Gasteiger partial charge in [0.05, 0.1) is 11.4 Å². The third kappa shape index (κ3) is 8.30. The van der Waals surface area contributed by atoms with E-state index >= 15 is 0 Å². The Morgan fingerprint density at radius 1 is 0.727 bits per heavy atom. The van der Waals surface area contributed by atoms with Crippen LogP contribution in [0.1, 0.15) is 70.8 Å². The normalized spacial score (nSPS) is 14.2. The maximum Gasteiger partial charge on any atom is 0.222 e. The van der Waals surface area contributed by atoms with E-state index in [-0.39, 0.29) is 0 Å². The van der Waals surface area contributed by atoms with Gasteiger partial charge in [0.25, 0.3) is 0 Å². The number of piperazine rings is 1. The van der Waals surface area contributed by atoms with Crippen LogP contribution in [0, 0.1) is 0 Å². The number of carbonyl (C=O) groups excluding carboxylic acids is 1. The van der Waals surface area contributed by atoms with Gasteiger partial charge in [0.2, 0.25) is 5.91 Å². The Kier molecular flexibility index (Phi) is 10.4. The van der Waals surface area contributed by atoms with Crippen LogP contribution in [0.15, 0.2) is 58.8 Å². The number of carbonyl (C=O) groups is 1. The first-order valence-electron chi connectivity index (χ1n) is 12.8. The number of aryl methyl sites for hydroxylation is 1. The van der Waals surface area contributed by atoms with Gasteiger partial charge in [0.1, 0.15) is 0 Å². The molecule has 1 saturated heterocycles. The molecule has 1 aliphatic heterocycles. The number of benzene rings is 2. The van der Waals surface area contributed by atoms with Crippen LogP contribution in [0.25, 0.3) is 0 Å². The van der Waals surface area contributed by atoms with Crippen molar-refractivity contribution in [2.45, 2.75) is 71.6 Å². The molecule has 0 atom stereocenters. The zero-order valence-electron chi connectivity index (χ0n) is 20.5. The predicted molar refractivity (Wildman–Crippen MR) is 138 cm³/mol. The Balaban J connectivity index is 1.45. The highest BCUT2D eigenvalue weighted by Gasteiger charge is 2.20. The third-order valence-corrected chi connectivity index (χ3v) is 6.38. The summed E-state index contributed by atoms with van der Waals surface area (Å²) in [5.74, 6) is 0.309. The lowest BCUT2D eigenvalue weighted by molar-refractivity contribution is -0.131. The molecule has 1 heterocycles. The molecule has 1 fully saturated rings. The largest absolute Gasteiger partial charge is 0.368 e. The number of hydrogen-bond donors (Lipinski definition) is 0. The topological polar surface area (TPSA) is 48.3 Å². The summed E-state index contributed by atoms with van der Waals surface area (Å²) in [5.41, 5.74) is 4.29. The van der Waals surface area contributed by atoms with Crippen molar-refractivity contribution in [2.75, 3.05) is 31.1 Å². The van der Waals surface area contributed by atoms with Crippen LogP contribution in [0.3, 0.4) is 0 Å².